The third-order valence-corrected chi connectivity index (χ3v) is 3.18. The van der Waals surface area contributed by atoms with Crippen LogP contribution < -0.4 is 0 Å². The largest absolute Gasteiger partial charge is 0.376 e. The minimum atomic E-state index is 0.0139. The number of hydrogen-bond donors (Lipinski definition) is 1. The van der Waals surface area contributed by atoms with Crippen LogP contribution in [0.25, 0.3) is 5.57 Å². The summed E-state index contributed by atoms with van der Waals surface area (Å²) in [6.45, 7) is 0.0139. The fourth-order valence-electron chi connectivity index (χ4n) is 2.11. The lowest BCUT2D eigenvalue weighted by molar-refractivity contribution is 0.210. The van der Waals surface area contributed by atoms with Gasteiger partial charge in [-0.15, -0.1) is 5.98 Å². The summed E-state index contributed by atoms with van der Waals surface area (Å²) >= 11 is 0. The zero-order chi connectivity index (χ0) is 15.6. The van der Waals surface area contributed by atoms with E-state index < -0.39 is 0 Å². The number of aliphatic hydroxyl groups excluding tert-OH is 1. The van der Waals surface area contributed by atoms with Gasteiger partial charge in [0.15, 0.2) is 0 Å². The van der Waals surface area contributed by atoms with E-state index in [2.05, 4.69) is 67.3 Å². The van der Waals surface area contributed by atoms with E-state index in [4.69, 9.17) is 5.11 Å². The van der Waals surface area contributed by atoms with E-state index in [1.807, 2.05) is 12.1 Å². The van der Waals surface area contributed by atoms with Crippen LogP contribution in [0, 0.1) is 0 Å². The number of hydrogen-bond acceptors (Lipinski definition) is 2. The zero-order valence-electron chi connectivity index (χ0n) is 12.6. The second-order valence-electron chi connectivity index (χ2n) is 4.65. The Morgan fingerprint density at radius 1 is 1.00 bits per heavy atom. The highest BCUT2D eigenvalue weighted by atomic mass is 16.3. The van der Waals surface area contributed by atoms with E-state index in [0.717, 1.165) is 0 Å². The van der Waals surface area contributed by atoms with Gasteiger partial charge in [0, 0.05) is 12.4 Å². The van der Waals surface area contributed by atoms with Gasteiger partial charge < -0.3 is 9.67 Å². The van der Waals surface area contributed by atoms with Crippen molar-refractivity contribution in [3.63, 3.8) is 0 Å². The average molecular weight is 290 g/mol. The zero-order valence-corrected chi connectivity index (χ0v) is 12.6. The molecule has 3 rings (SSSR count). The van der Waals surface area contributed by atoms with Gasteiger partial charge in [0.1, 0.15) is 14.6 Å². The number of imidazole rings is 1. The van der Waals surface area contributed by atoms with Crippen LogP contribution in [0.5, 0.6) is 0 Å². The van der Waals surface area contributed by atoms with Crippen LogP contribution in [0.1, 0.15) is 11.1 Å². The minimum absolute atomic E-state index is 0.0139. The summed E-state index contributed by atoms with van der Waals surface area (Å²) in [4.78, 5) is 3.70. The van der Waals surface area contributed by atoms with Gasteiger partial charge in [-0.25, -0.2) is 4.98 Å². The number of benzene rings is 2. The third kappa shape index (κ3) is 4.47. The maximum absolute atomic E-state index is 8.35. The maximum Gasteiger partial charge on any atom is 0.130 e. The lowest BCUT2D eigenvalue weighted by Crippen LogP contribution is -1.89. The number of aliphatic hydroxyl groups is 1. The maximum atomic E-state index is 8.35. The fraction of sp³-hybridized carbons (Fsp3) is 0.0556. The van der Waals surface area contributed by atoms with Crippen LogP contribution in [-0.4, -0.2) is 22.5 Å². The third-order valence-electron chi connectivity index (χ3n) is 3.18. The first-order chi connectivity index (χ1) is 10.8. The topological polar surface area (TPSA) is 38.0 Å². The van der Waals surface area contributed by atoms with E-state index in [1.54, 1.807) is 23.3 Å². The SMILES string of the molecule is BC=C(c1ccccc1)c1ccccc1.OCn1ccnc1. The summed E-state index contributed by atoms with van der Waals surface area (Å²) < 4.78 is 1.57. The molecular formula is C18H19BN2O. The Kier molecular flexibility index (Phi) is 6.21. The van der Waals surface area contributed by atoms with Crippen molar-refractivity contribution in [1.29, 1.82) is 0 Å². The van der Waals surface area contributed by atoms with Crippen molar-refractivity contribution in [3.05, 3.63) is 96.5 Å². The highest BCUT2D eigenvalue weighted by molar-refractivity contribution is 6.21. The number of nitrogens with zero attached hydrogens (tertiary/aromatic N) is 2. The summed E-state index contributed by atoms with van der Waals surface area (Å²) in [5.41, 5.74) is 3.83. The minimum Gasteiger partial charge on any atom is -0.376 e. The van der Waals surface area contributed by atoms with Gasteiger partial charge in [0.05, 0.1) is 6.33 Å². The van der Waals surface area contributed by atoms with Crippen LogP contribution in [0.4, 0.5) is 0 Å². The summed E-state index contributed by atoms with van der Waals surface area (Å²) in [5.74, 6) is 2.16. The highest BCUT2D eigenvalue weighted by Crippen LogP contribution is 2.21. The van der Waals surface area contributed by atoms with E-state index in [1.165, 1.54) is 16.7 Å². The summed E-state index contributed by atoms with van der Waals surface area (Å²) in [5, 5.41) is 8.35. The summed E-state index contributed by atoms with van der Waals surface area (Å²) in [6.07, 6.45) is 4.87. The van der Waals surface area contributed by atoms with Crippen molar-refractivity contribution in [2.24, 2.45) is 0 Å². The molecule has 1 aromatic heterocycles. The molecule has 0 unspecified atom stereocenters. The molecular weight excluding hydrogens is 271 g/mol. The van der Waals surface area contributed by atoms with Crippen LogP contribution in [0.3, 0.4) is 0 Å². The second-order valence-corrected chi connectivity index (χ2v) is 4.65. The molecule has 110 valence electrons. The first kappa shape index (κ1) is 15.8. The van der Waals surface area contributed by atoms with E-state index in [0.29, 0.717) is 0 Å². The second kappa shape index (κ2) is 8.65. The summed E-state index contributed by atoms with van der Waals surface area (Å²) in [6, 6.07) is 20.9. The van der Waals surface area contributed by atoms with Gasteiger partial charge >= 0.3 is 0 Å². The van der Waals surface area contributed by atoms with Gasteiger partial charge in [-0.3, -0.25) is 0 Å². The predicted molar refractivity (Wildman–Crippen MR) is 93.0 cm³/mol. The molecule has 0 spiro atoms. The average Bonchev–Trinajstić information content (AvgIpc) is 3.12. The molecule has 0 fully saturated rings. The van der Waals surface area contributed by atoms with Crippen molar-refractivity contribution in [1.82, 2.24) is 9.55 Å². The molecule has 22 heavy (non-hydrogen) atoms. The Morgan fingerprint density at radius 3 is 1.86 bits per heavy atom. The molecule has 1 N–H and O–H groups in total. The molecule has 0 amide bonds. The van der Waals surface area contributed by atoms with Crippen molar-refractivity contribution >= 4 is 13.4 Å². The Balaban J connectivity index is 0.000000211. The first-order valence-corrected chi connectivity index (χ1v) is 7.19. The van der Waals surface area contributed by atoms with Crippen LogP contribution >= 0.6 is 0 Å². The first-order valence-electron chi connectivity index (χ1n) is 7.19. The van der Waals surface area contributed by atoms with Crippen molar-refractivity contribution in [2.45, 2.75) is 6.73 Å². The standard InChI is InChI=1S/C14H13B.C4H6N2O/c15-11-14(12-7-3-1-4-8-12)13-9-5-2-6-10-13;7-4-6-2-1-5-3-6/h1-11H,15H2;1-3,7H,4H2. The predicted octanol–water partition coefficient (Wildman–Crippen LogP) is 2.54. The van der Waals surface area contributed by atoms with Gasteiger partial charge in [-0.2, -0.15) is 0 Å². The van der Waals surface area contributed by atoms with Gasteiger partial charge in [0.2, 0.25) is 0 Å². The van der Waals surface area contributed by atoms with Gasteiger partial charge in [-0.1, -0.05) is 60.7 Å². The molecule has 0 atom stereocenters. The van der Waals surface area contributed by atoms with Crippen LogP contribution in [0.15, 0.2) is 85.4 Å². The lowest BCUT2D eigenvalue weighted by atomic mass is 9.92. The molecule has 0 saturated carbocycles. The van der Waals surface area contributed by atoms with Crippen LogP contribution in [-0.2, 0) is 6.73 Å². The quantitative estimate of drug-likeness (QED) is 0.753. The molecule has 0 aliphatic carbocycles. The van der Waals surface area contributed by atoms with E-state index in [9.17, 15) is 0 Å². The molecule has 0 saturated heterocycles. The lowest BCUT2D eigenvalue weighted by Gasteiger charge is -2.07. The molecule has 0 radical (unpaired) electrons. The monoisotopic (exact) mass is 290 g/mol. The molecule has 0 aliphatic heterocycles. The Morgan fingerprint density at radius 2 is 1.55 bits per heavy atom. The Bertz CT molecular complexity index is 638. The van der Waals surface area contributed by atoms with Crippen molar-refractivity contribution < 1.29 is 5.11 Å². The normalized spacial score (nSPS) is 9.50. The molecule has 3 aromatic rings. The molecule has 2 aromatic carbocycles. The molecule has 3 nitrogen and oxygen atoms in total. The van der Waals surface area contributed by atoms with Crippen molar-refractivity contribution in [3.8, 4) is 0 Å². The summed E-state index contributed by atoms with van der Waals surface area (Å²) in [7, 11) is 2.08. The van der Waals surface area contributed by atoms with E-state index in [-0.39, 0.29) is 6.73 Å². The Hall–Kier alpha value is -2.59. The van der Waals surface area contributed by atoms with E-state index >= 15 is 0 Å². The fourth-order valence-corrected chi connectivity index (χ4v) is 2.11. The smallest absolute Gasteiger partial charge is 0.130 e. The Labute approximate surface area is 132 Å². The van der Waals surface area contributed by atoms with Gasteiger partial charge in [0.25, 0.3) is 0 Å². The molecule has 1 heterocycles. The van der Waals surface area contributed by atoms with Crippen LogP contribution in [0.2, 0.25) is 0 Å². The molecule has 0 aliphatic rings. The molecule has 0 bridgehead atoms. The highest BCUT2D eigenvalue weighted by Gasteiger charge is 2.01. The van der Waals surface area contributed by atoms with Gasteiger partial charge in [-0.05, 0) is 16.7 Å². The van der Waals surface area contributed by atoms with Crippen molar-refractivity contribution in [2.75, 3.05) is 0 Å². The number of aromatic nitrogens is 2. The molecule has 4 heteroatoms. The number of rotatable bonds is 3.